The van der Waals surface area contributed by atoms with E-state index in [1.165, 1.54) is 0 Å². The van der Waals surface area contributed by atoms with Gasteiger partial charge in [0.2, 0.25) is 0 Å². The largest absolute Gasteiger partial charge is 0.497 e. The van der Waals surface area contributed by atoms with Crippen molar-refractivity contribution in [2.45, 2.75) is 77.8 Å². The van der Waals surface area contributed by atoms with Gasteiger partial charge in [0, 0.05) is 5.69 Å². The molecule has 0 N–H and O–H groups in total. The van der Waals surface area contributed by atoms with E-state index < -0.39 is 36.6 Å². The summed E-state index contributed by atoms with van der Waals surface area (Å²) < 4.78 is 37.3. The number of anilines is 3. The third-order valence-corrected chi connectivity index (χ3v) is 9.05. The second-order valence-electron chi connectivity index (χ2n) is 12.8. The number of hydrogen-bond acceptors (Lipinski definition) is 7. The van der Waals surface area contributed by atoms with Gasteiger partial charge in [0.1, 0.15) is 5.75 Å². The Morgan fingerprint density at radius 3 is 1.35 bits per heavy atom. The molecule has 0 saturated carbocycles. The lowest BCUT2D eigenvalue weighted by Gasteiger charge is -2.33. The smallest absolute Gasteiger partial charge is 0.494 e. The number of hydrogen-bond donors (Lipinski definition) is 0. The van der Waals surface area contributed by atoms with Crippen LogP contribution in [0.4, 0.5) is 17.1 Å². The molecule has 0 unspecified atom stereocenters. The van der Waals surface area contributed by atoms with Gasteiger partial charge in [-0.1, -0.05) is 12.1 Å². The summed E-state index contributed by atoms with van der Waals surface area (Å²) in [6.45, 7) is 16.5. The number of ether oxygens (including phenoxy) is 2. The molecule has 3 heterocycles. The van der Waals surface area contributed by atoms with Gasteiger partial charge in [-0.15, -0.1) is 0 Å². The van der Waals surface area contributed by atoms with Crippen LogP contribution in [0, 0.1) is 0 Å². The SMILES string of the molecule is COc1ccc(N2c3ccc(B4OC(C)(C)C(C)(C)O4)cc3Oc3cc(B4OC(C)(C)C(C)(C)O4)ccc32)cc1. The summed E-state index contributed by atoms with van der Waals surface area (Å²) in [5.74, 6) is 2.22. The van der Waals surface area contributed by atoms with Crippen molar-refractivity contribution >= 4 is 42.2 Å². The predicted molar refractivity (Wildman–Crippen MR) is 159 cm³/mol. The third kappa shape index (κ3) is 4.31. The third-order valence-electron chi connectivity index (χ3n) is 9.05. The first-order valence-corrected chi connectivity index (χ1v) is 13.8. The Morgan fingerprint density at radius 2 is 0.975 bits per heavy atom. The number of nitrogens with zero attached hydrogens (tertiary/aromatic N) is 1. The zero-order valence-electron chi connectivity index (χ0n) is 24.8. The fraction of sp³-hybridized carbons (Fsp3) is 0.419. The maximum absolute atomic E-state index is 6.59. The molecule has 2 fully saturated rings. The summed E-state index contributed by atoms with van der Waals surface area (Å²) >= 11 is 0. The fourth-order valence-electron chi connectivity index (χ4n) is 5.10. The zero-order valence-corrected chi connectivity index (χ0v) is 24.8. The van der Waals surface area contributed by atoms with Gasteiger partial charge < -0.3 is 33.0 Å². The number of rotatable bonds is 4. The van der Waals surface area contributed by atoms with Crippen LogP contribution in [0.2, 0.25) is 0 Å². The standard InChI is InChI=1S/C31H37B2NO6/c1-28(2)29(3,4)38-32(37-28)20-10-16-24-26(18-20)36-27-19-21(33-39-30(5,6)31(7,8)40-33)11-17-25(27)34(24)22-12-14-23(35-9)15-13-22/h10-19H,1-9H3. The zero-order chi connectivity index (χ0) is 28.7. The van der Waals surface area contributed by atoms with E-state index in [1.807, 2.05) is 48.5 Å². The average molecular weight is 541 g/mol. The minimum atomic E-state index is -0.495. The molecule has 9 heteroatoms. The van der Waals surface area contributed by atoms with E-state index in [1.54, 1.807) is 7.11 Å². The molecule has 0 spiro atoms. The summed E-state index contributed by atoms with van der Waals surface area (Å²) in [6.07, 6.45) is 0. The highest BCUT2D eigenvalue weighted by molar-refractivity contribution is 6.62. The first-order chi connectivity index (χ1) is 18.7. The van der Waals surface area contributed by atoms with Crippen LogP contribution in [0.5, 0.6) is 17.2 Å². The minimum absolute atomic E-state index is 0.437. The van der Waals surface area contributed by atoms with Crippen molar-refractivity contribution in [3.8, 4) is 17.2 Å². The van der Waals surface area contributed by atoms with Gasteiger partial charge in [0.25, 0.3) is 0 Å². The molecule has 7 nitrogen and oxygen atoms in total. The molecule has 3 aliphatic heterocycles. The maximum atomic E-state index is 6.59. The average Bonchev–Trinajstić information content (AvgIpc) is 3.26. The van der Waals surface area contributed by atoms with Gasteiger partial charge >= 0.3 is 14.2 Å². The molecule has 0 amide bonds. The van der Waals surface area contributed by atoms with Crippen LogP contribution in [0.25, 0.3) is 0 Å². The predicted octanol–water partition coefficient (Wildman–Crippen LogP) is 5.87. The lowest BCUT2D eigenvalue weighted by molar-refractivity contribution is 0.00578. The normalized spacial score (nSPS) is 21.6. The van der Waals surface area contributed by atoms with E-state index in [0.29, 0.717) is 11.5 Å². The second kappa shape index (κ2) is 9.02. The Morgan fingerprint density at radius 1 is 0.575 bits per heavy atom. The van der Waals surface area contributed by atoms with Gasteiger partial charge in [-0.2, -0.15) is 0 Å². The molecule has 3 aromatic carbocycles. The van der Waals surface area contributed by atoms with Gasteiger partial charge in [0.05, 0.1) is 40.9 Å². The minimum Gasteiger partial charge on any atom is -0.497 e. The highest BCUT2D eigenvalue weighted by Gasteiger charge is 2.53. The van der Waals surface area contributed by atoms with Gasteiger partial charge in [-0.05, 0) is 115 Å². The summed E-state index contributed by atoms with van der Waals surface area (Å²) in [7, 11) is 0.680. The molecule has 40 heavy (non-hydrogen) atoms. The molecule has 208 valence electrons. The van der Waals surface area contributed by atoms with Crippen LogP contribution >= 0.6 is 0 Å². The van der Waals surface area contributed by atoms with E-state index in [2.05, 4.69) is 72.4 Å². The molecule has 2 saturated heterocycles. The summed E-state index contributed by atoms with van der Waals surface area (Å²) in [6, 6.07) is 20.2. The Kier molecular flexibility index (Phi) is 6.13. The fourth-order valence-corrected chi connectivity index (χ4v) is 5.10. The van der Waals surface area contributed by atoms with Crippen molar-refractivity contribution < 1.29 is 28.1 Å². The van der Waals surface area contributed by atoms with Gasteiger partial charge in [0.15, 0.2) is 11.5 Å². The quantitative estimate of drug-likeness (QED) is 0.300. The molecule has 0 aromatic heterocycles. The molecular weight excluding hydrogens is 504 g/mol. The van der Waals surface area contributed by atoms with Crippen molar-refractivity contribution in [1.82, 2.24) is 0 Å². The van der Waals surface area contributed by atoms with E-state index in [-0.39, 0.29) is 0 Å². The summed E-state index contributed by atoms with van der Waals surface area (Å²) in [5.41, 5.74) is 2.88. The highest BCUT2D eigenvalue weighted by Crippen LogP contribution is 2.50. The highest BCUT2D eigenvalue weighted by atomic mass is 16.7. The van der Waals surface area contributed by atoms with Crippen LogP contribution < -0.4 is 25.3 Å². The van der Waals surface area contributed by atoms with Crippen molar-refractivity contribution in [3.63, 3.8) is 0 Å². The van der Waals surface area contributed by atoms with Crippen molar-refractivity contribution in [2.75, 3.05) is 12.0 Å². The van der Waals surface area contributed by atoms with Crippen molar-refractivity contribution in [1.29, 1.82) is 0 Å². The van der Waals surface area contributed by atoms with E-state index in [0.717, 1.165) is 33.7 Å². The van der Waals surface area contributed by atoms with Crippen LogP contribution in [0.3, 0.4) is 0 Å². The molecule has 3 aliphatic rings. The molecule has 3 aromatic rings. The number of fused-ring (bicyclic) bond motifs is 2. The Hall–Kier alpha value is -2.97. The first-order valence-electron chi connectivity index (χ1n) is 13.8. The summed E-state index contributed by atoms with van der Waals surface area (Å²) in [4.78, 5) is 2.19. The molecule has 6 rings (SSSR count). The second-order valence-corrected chi connectivity index (χ2v) is 12.8. The number of methoxy groups -OCH3 is 1. The van der Waals surface area contributed by atoms with Gasteiger partial charge in [-0.25, -0.2) is 0 Å². The maximum Gasteiger partial charge on any atom is 0.494 e. The Bertz CT molecular complexity index is 1340. The Labute approximate surface area is 237 Å². The van der Waals surface area contributed by atoms with E-state index in [4.69, 9.17) is 28.1 Å². The van der Waals surface area contributed by atoms with Crippen LogP contribution in [-0.2, 0) is 18.6 Å². The topological polar surface area (TPSA) is 58.6 Å². The van der Waals surface area contributed by atoms with Crippen LogP contribution in [0.1, 0.15) is 55.4 Å². The summed E-state index contributed by atoms with van der Waals surface area (Å²) in [5, 5.41) is 0. The number of benzene rings is 3. The lowest BCUT2D eigenvalue weighted by Crippen LogP contribution is -2.41. The van der Waals surface area contributed by atoms with Crippen LogP contribution in [-0.4, -0.2) is 43.8 Å². The molecule has 0 radical (unpaired) electrons. The van der Waals surface area contributed by atoms with E-state index >= 15 is 0 Å². The molecule has 0 aliphatic carbocycles. The molecular formula is C31H37B2NO6. The lowest BCUT2D eigenvalue weighted by atomic mass is 9.78. The molecule has 0 atom stereocenters. The molecule has 0 bridgehead atoms. The van der Waals surface area contributed by atoms with Crippen molar-refractivity contribution in [2.24, 2.45) is 0 Å². The van der Waals surface area contributed by atoms with Crippen LogP contribution in [0.15, 0.2) is 60.7 Å². The first kappa shape index (κ1) is 27.2. The Balaban J connectivity index is 1.41. The van der Waals surface area contributed by atoms with Gasteiger partial charge in [-0.3, -0.25) is 0 Å². The van der Waals surface area contributed by atoms with E-state index in [9.17, 15) is 0 Å². The monoisotopic (exact) mass is 541 g/mol. The van der Waals surface area contributed by atoms with Crippen molar-refractivity contribution in [3.05, 3.63) is 60.7 Å².